The number of pyridine rings is 1. The zero-order chi connectivity index (χ0) is 20.4. The molecule has 1 amide bonds. The smallest absolute Gasteiger partial charge is 0.250 e. The molecule has 0 radical (unpaired) electrons. The van der Waals surface area contributed by atoms with Gasteiger partial charge in [-0.2, -0.15) is 0 Å². The summed E-state index contributed by atoms with van der Waals surface area (Å²) in [4.78, 5) is 35.9. The van der Waals surface area contributed by atoms with Crippen molar-refractivity contribution in [1.82, 2.24) is 4.57 Å². The molecule has 0 atom stereocenters. The summed E-state index contributed by atoms with van der Waals surface area (Å²) in [7, 11) is 0. The number of unbranched alkanes of at least 4 members (excludes halogenated alkanes) is 2. The van der Waals surface area contributed by atoms with Gasteiger partial charge in [0.2, 0.25) is 5.91 Å². The maximum Gasteiger partial charge on any atom is 0.250 e. The average molecular weight is 384 g/mol. The number of ether oxygens (including phenoxy) is 1. The van der Waals surface area contributed by atoms with Gasteiger partial charge in [0, 0.05) is 37.2 Å². The highest BCUT2D eigenvalue weighted by atomic mass is 16.5. The van der Waals surface area contributed by atoms with Crippen LogP contribution in [-0.2, 0) is 11.3 Å². The SMILES string of the molecule is CCCCCOc1ccc(C(=O)CCC(=O)Nc2ccc(=O)n(CC)c2)cc1. The number of aromatic nitrogens is 1. The Bertz CT molecular complexity index is 840. The van der Waals surface area contributed by atoms with Gasteiger partial charge in [-0.25, -0.2) is 0 Å². The number of aryl methyl sites for hydroxylation is 1. The van der Waals surface area contributed by atoms with E-state index in [0.717, 1.165) is 25.0 Å². The van der Waals surface area contributed by atoms with Crippen LogP contribution in [0.15, 0.2) is 47.4 Å². The Hall–Kier alpha value is -2.89. The van der Waals surface area contributed by atoms with Crippen LogP contribution in [0.25, 0.3) is 0 Å². The largest absolute Gasteiger partial charge is 0.494 e. The van der Waals surface area contributed by atoms with Crippen LogP contribution in [0, 0.1) is 0 Å². The van der Waals surface area contributed by atoms with Gasteiger partial charge in [0.1, 0.15) is 5.75 Å². The van der Waals surface area contributed by atoms with E-state index in [1.54, 1.807) is 36.5 Å². The summed E-state index contributed by atoms with van der Waals surface area (Å²) < 4.78 is 7.14. The molecule has 1 heterocycles. The molecule has 0 aliphatic carbocycles. The number of Topliss-reactive ketones (excluding diaryl/α,β-unsaturated/α-hetero) is 1. The highest BCUT2D eigenvalue weighted by Crippen LogP contribution is 2.15. The number of benzene rings is 1. The Kier molecular flexibility index (Phi) is 8.46. The quantitative estimate of drug-likeness (QED) is 0.468. The van der Waals surface area contributed by atoms with Gasteiger partial charge < -0.3 is 14.6 Å². The van der Waals surface area contributed by atoms with E-state index in [0.29, 0.717) is 24.4 Å². The summed E-state index contributed by atoms with van der Waals surface area (Å²) >= 11 is 0. The molecular formula is C22H28N2O4. The van der Waals surface area contributed by atoms with Gasteiger partial charge in [0.05, 0.1) is 12.3 Å². The molecule has 1 aromatic carbocycles. The molecule has 0 fully saturated rings. The summed E-state index contributed by atoms with van der Waals surface area (Å²) in [5, 5.41) is 2.72. The van der Waals surface area contributed by atoms with Crippen LogP contribution in [0.4, 0.5) is 5.69 Å². The number of nitrogens with one attached hydrogen (secondary N) is 1. The predicted molar refractivity (Wildman–Crippen MR) is 110 cm³/mol. The molecule has 150 valence electrons. The second kappa shape index (κ2) is 11.1. The number of carbonyl (C=O) groups excluding carboxylic acids is 2. The lowest BCUT2D eigenvalue weighted by Gasteiger charge is -2.08. The van der Waals surface area contributed by atoms with Crippen LogP contribution in [0.5, 0.6) is 5.75 Å². The number of hydrogen-bond acceptors (Lipinski definition) is 4. The molecule has 1 N–H and O–H groups in total. The van der Waals surface area contributed by atoms with Gasteiger partial charge in [-0.15, -0.1) is 0 Å². The molecule has 0 aliphatic rings. The third-order valence-electron chi connectivity index (χ3n) is 4.38. The van der Waals surface area contributed by atoms with E-state index in [1.165, 1.54) is 10.6 Å². The van der Waals surface area contributed by atoms with Crippen molar-refractivity contribution in [3.05, 3.63) is 58.5 Å². The molecule has 0 unspecified atom stereocenters. The van der Waals surface area contributed by atoms with E-state index in [-0.39, 0.29) is 30.1 Å². The molecular weight excluding hydrogens is 356 g/mol. The molecule has 0 aliphatic heterocycles. The van der Waals surface area contributed by atoms with Crippen molar-refractivity contribution >= 4 is 17.4 Å². The molecule has 0 saturated carbocycles. The van der Waals surface area contributed by atoms with Gasteiger partial charge in [0.25, 0.3) is 5.56 Å². The van der Waals surface area contributed by atoms with Crippen LogP contribution >= 0.6 is 0 Å². The predicted octanol–water partition coefficient (Wildman–Crippen LogP) is 4.04. The molecule has 1 aromatic heterocycles. The summed E-state index contributed by atoms with van der Waals surface area (Å²) in [6.07, 6.45) is 5.10. The fourth-order valence-electron chi connectivity index (χ4n) is 2.73. The lowest BCUT2D eigenvalue weighted by molar-refractivity contribution is -0.116. The molecule has 0 spiro atoms. The number of nitrogens with zero attached hydrogens (tertiary/aromatic N) is 1. The van der Waals surface area contributed by atoms with Crippen molar-refractivity contribution in [3.8, 4) is 5.75 Å². The fraction of sp³-hybridized carbons (Fsp3) is 0.409. The van der Waals surface area contributed by atoms with E-state index < -0.39 is 0 Å². The monoisotopic (exact) mass is 384 g/mol. The third kappa shape index (κ3) is 6.68. The minimum Gasteiger partial charge on any atom is -0.494 e. The second-order valence-corrected chi connectivity index (χ2v) is 6.59. The molecule has 6 heteroatoms. The Morgan fingerprint density at radius 2 is 1.75 bits per heavy atom. The van der Waals surface area contributed by atoms with E-state index in [9.17, 15) is 14.4 Å². The van der Waals surface area contributed by atoms with Crippen molar-refractivity contribution in [1.29, 1.82) is 0 Å². The van der Waals surface area contributed by atoms with Gasteiger partial charge in [-0.1, -0.05) is 19.8 Å². The molecule has 28 heavy (non-hydrogen) atoms. The first-order valence-corrected chi connectivity index (χ1v) is 9.80. The average Bonchev–Trinajstić information content (AvgIpc) is 2.71. The zero-order valence-electron chi connectivity index (χ0n) is 16.6. The lowest BCUT2D eigenvalue weighted by Crippen LogP contribution is -2.20. The molecule has 6 nitrogen and oxygen atoms in total. The van der Waals surface area contributed by atoms with E-state index >= 15 is 0 Å². The van der Waals surface area contributed by atoms with E-state index in [1.807, 2.05) is 6.92 Å². The maximum absolute atomic E-state index is 12.3. The summed E-state index contributed by atoms with van der Waals surface area (Å²) in [5.74, 6) is 0.396. The number of carbonyl (C=O) groups is 2. The summed E-state index contributed by atoms with van der Waals surface area (Å²) in [6.45, 7) is 5.20. The Labute approximate surface area is 165 Å². The van der Waals surface area contributed by atoms with Crippen LogP contribution in [0.1, 0.15) is 56.3 Å². The normalized spacial score (nSPS) is 10.5. The van der Waals surface area contributed by atoms with Gasteiger partial charge in [-0.3, -0.25) is 14.4 Å². The highest BCUT2D eigenvalue weighted by Gasteiger charge is 2.10. The van der Waals surface area contributed by atoms with Crippen molar-refractivity contribution in [2.24, 2.45) is 0 Å². The second-order valence-electron chi connectivity index (χ2n) is 6.59. The van der Waals surface area contributed by atoms with Crippen LogP contribution in [0.2, 0.25) is 0 Å². The topological polar surface area (TPSA) is 77.4 Å². The van der Waals surface area contributed by atoms with Crippen LogP contribution in [-0.4, -0.2) is 22.9 Å². The number of anilines is 1. The van der Waals surface area contributed by atoms with Crippen molar-refractivity contribution in [2.45, 2.75) is 52.5 Å². The molecule has 0 bridgehead atoms. The highest BCUT2D eigenvalue weighted by molar-refractivity contribution is 6.00. The number of rotatable bonds is 11. The first-order chi connectivity index (χ1) is 13.5. The minimum atomic E-state index is -0.259. The minimum absolute atomic E-state index is 0.0827. The number of amides is 1. The number of hydrogen-bond donors (Lipinski definition) is 1. The summed E-state index contributed by atoms with van der Waals surface area (Å²) in [5.41, 5.74) is 0.991. The van der Waals surface area contributed by atoms with Crippen LogP contribution in [0.3, 0.4) is 0 Å². The molecule has 0 saturated heterocycles. The van der Waals surface area contributed by atoms with Crippen LogP contribution < -0.4 is 15.6 Å². The summed E-state index contributed by atoms with van der Waals surface area (Å²) in [6, 6.07) is 10.0. The van der Waals surface area contributed by atoms with Gasteiger partial charge in [0.15, 0.2) is 5.78 Å². The fourth-order valence-corrected chi connectivity index (χ4v) is 2.73. The Morgan fingerprint density at radius 3 is 2.43 bits per heavy atom. The van der Waals surface area contributed by atoms with Crippen molar-refractivity contribution in [3.63, 3.8) is 0 Å². The lowest BCUT2D eigenvalue weighted by atomic mass is 10.1. The first kappa shape index (κ1) is 21.4. The maximum atomic E-state index is 12.3. The number of ketones is 1. The zero-order valence-corrected chi connectivity index (χ0v) is 16.6. The Morgan fingerprint density at radius 1 is 1.00 bits per heavy atom. The van der Waals surface area contributed by atoms with E-state index in [2.05, 4.69) is 12.2 Å². The van der Waals surface area contributed by atoms with Gasteiger partial charge in [-0.05, 0) is 43.7 Å². The van der Waals surface area contributed by atoms with Gasteiger partial charge >= 0.3 is 0 Å². The molecule has 2 aromatic rings. The third-order valence-corrected chi connectivity index (χ3v) is 4.38. The Balaban J connectivity index is 1.81. The standard InChI is InChI=1S/C22H28N2O4/c1-3-5-6-15-28-19-10-7-17(8-11-19)20(25)12-13-21(26)23-18-9-14-22(27)24(4-2)16-18/h7-11,14,16H,3-6,12-13,15H2,1-2H3,(H,23,26). The van der Waals surface area contributed by atoms with E-state index in [4.69, 9.17) is 4.74 Å². The van der Waals surface area contributed by atoms with Crippen molar-refractivity contribution in [2.75, 3.05) is 11.9 Å². The van der Waals surface area contributed by atoms with Crippen molar-refractivity contribution < 1.29 is 14.3 Å². The molecule has 2 rings (SSSR count). The first-order valence-electron chi connectivity index (χ1n) is 9.80.